The normalized spacial score (nSPS) is 26.1. The fraction of sp³-hybridized carbons (Fsp3) is 0.909. The van der Waals surface area contributed by atoms with E-state index in [4.69, 9.17) is 25.3 Å². The first-order valence-corrected chi connectivity index (χ1v) is 15.1. The van der Waals surface area contributed by atoms with Crippen LogP contribution in [0.4, 0.5) is 0 Å². The Balaban J connectivity index is 0.000000682. The molecule has 2 fully saturated rings. The van der Waals surface area contributed by atoms with E-state index in [2.05, 4.69) is 86.5 Å². The topological polar surface area (TPSA) is 68.2 Å². The fourth-order valence-electron chi connectivity index (χ4n) is 3.60. The van der Waals surface area contributed by atoms with Gasteiger partial charge in [-0.2, -0.15) is 0 Å². The van der Waals surface area contributed by atoms with Crippen molar-refractivity contribution in [1.82, 2.24) is 40.5 Å². The number of nitrogens with one attached hydrogen (secondary N) is 2. The summed E-state index contributed by atoms with van der Waals surface area (Å²) in [6, 6.07) is 0. The molecule has 4 unspecified atom stereocenters. The van der Waals surface area contributed by atoms with Crippen LogP contribution in [0.25, 0.3) is 0 Å². The van der Waals surface area contributed by atoms with E-state index in [1.165, 1.54) is 0 Å². The molecule has 37 heavy (non-hydrogen) atoms. The first kappa shape index (κ1) is 38.2. The average molecular weight is 870 g/mol. The number of rotatable bonds is 10. The summed E-state index contributed by atoms with van der Waals surface area (Å²) in [5.41, 5.74) is 6.49. The fourth-order valence-corrected chi connectivity index (χ4v) is 4.88. The van der Waals surface area contributed by atoms with Crippen molar-refractivity contribution in [1.29, 1.82) is 0 Å². The van der Waals surface area contributed by atoms with E-state index in [9.17, 15) is 0 Å². The minimum atomic E-state index is 0. The van der Waals surface area contributed by atoms with Gasteiger partial charge in [-0.05, 0) is 0 Å². The molecule has 0 bridgehead atoms. The molecule has 2 rings (SSSR count). The summed E-state index contributed by atoms with van der Waals surface area (Å²) in [4.78, 5) is 17.5. The Hall–Kier alpha value is 1.18. The molecule has 0 aromatic rings. The molecular weight excluding hydrogens is 823 g/mol. The minimum Gasteiger partial charge on any atom is 0 e. The molecule has 0 saturated carbocycles. The zero-order valence-electron chi connectivity index (χ0n) is 23.5. The van der Waals surface area contributed by atoms with Crippen molar-refractivity contribution in [3.63, 3.8) is 0 Å². The molecule has 2 saturated heterocycles. The van der Waals surface area contributed by atoms with E-state index < -0.39 is 0 Å². The van der Waals surface area contributed by atoms with Crippen molar-refractivity contribution in [3.8, 4) is 0 Å². The van der Waals surface area contributed by atoms with E-state index in [0.717, 1.165) is 61.3 Å². The number of hydrogen-bond acceptors (Lipinski definition) is 10. The Kier molecular flexibility index (Phi) is 20.8. The van der Waals surface area contributed by atoms with Crippen molar-refractivity contribution < 1.29 is 22.4 Å². The molecule has 15 heteroatoms. The van der Waals surface area contributed by atoms with Gasteiger partial charge in [0.25, 0.3) is 0 Å². The second kappa shape index (κ2) is 20.1. The standard InChI is InChI=1S/2C11H24N5SSe.Au/c2*1-9-15(4)13-10(17)16(9)8-6-5-7-12-11(18)14(2)3;/h2*9-10,13,17H,5-8H2,1-4H3;/p-2. The van der Waals surface area contributed by atoms with Gasteiger partial charge in [-0.3, -0.25) is 0 Å². The molecule has 4 atom stereocenters. The molecule has 2 N–H and O–H groups in total. The summed E-state index contributed by atoms with van der Waals surface area (Å²) in [6.07, 6.45) is 5.16. The van der Waals surface area contributed by atoms with Gasteiger partial charge >= 0.3 is 249 Å². The molecule has 0 amide bonds. The zero-order valence-corrected chi connectivity index (χ0v) is 30.7. The summed E-state index contributed by atoms with van der Waals surface area (Å²) in [7, 11) is 12.0. The van der Waals surface area contributed by atoms with Crippen molar-refractivity contribution >= 4 is 66.8 Å². The third-order valence-electron chi connectivity index (χ3n) is 6.22. The Morgan fingerprint density at radius 2 is 1.05 bits per heavy atom. The van der Waals surface area contributed by atoms with Crippen LogP contribution in [0.2, 0.25) is 0 Å². The summed E-state index contributed by atoms with van der Waals surface area (Å²) in [6.45, 7) is 8.12. The second-order valence-electron chi connectivity index (χ2n) is 9.46. The molecule has 0 spiro atoms. The van der Waals surface area contributed by atoms with E-state index in [1.54, 1.807) is 0 Å². The molecule has 2 aliphatic rings. The van der Waals surface area contributed by atoms with Crippen molar-refractivity contribution in [2.24, 2.45) is 9.98 Å². The zero-order chi connectivity index (χ0) is 27.4. The van der Waals surface area contributed by atoms with E-state index in [1.807, 2.05) is 52.1 Å². The van der Waals surface area contributed by atoms with Crippen LogP contribution >= 0.6 is 0 Å². The number of nitrogens with zero attached hydrogens (tertiary/aromatic N) is 8. The smallest absolute Gasteiger partial charge is 0 e. The monoisotopic (exact) mass is 871 g/mol. The molecule has 2 heterocycles. The number of amidine groups is 2. The number of unbranched alkanes of at least 4 members (excludes halogenated alkanes) is 2. The third-order valence-corrected chi connectivity index (χ3v) is 9.05. The summed E-state index contributed by atoms with van der Waals surface area (Å²) < 4.78 is 1.93. The first-order chi connectivity index (χ1) is 16.9. The number of hydrazine groups is 2. The van der Waals surface area contributed by atoms with Crippen molar-refractivity contribution in [3.05, 3.63) is 0 Å². The predicted octanol–water partition coefficient (Wildman–Crippen LogP) is -0.440. The summed E-state index contributed by atoms with van der Waals surface area (Å²) >= 11 is 16.7. The maximum atomic E-state index is 5.37. The molecule has 0 aliphatic carbocycles. The largest absolute Gasteiger partial charge is 0 e. The van der Waals surface area contributed by atoms with Crippen LogP contribution < -0.4 is 10.9 Å². The van der Waals surface area contributed by atoms with Crippen LogP contribution in [0.3, 0.4) is 0 Å². The maximum Gasteiger partial charge on any atom is 0 e. The number of hydrogen-bond donors (Lipinski definition) is 2. The van der Waals surface area contributed by atoms with Gasteiger partial charge in [0.05, 0.1) is 0 Å². The molecule has 0 aromatic heterocycles. The summed E-state index contributed by atoms with van der Waals surface area (Å²) in [5.74, 6) is 0. The Morgan fingerprint density at radius 3 is 1.30 bits per heavy atom. The first-order valence-electron chi connectivity index (χ1n) is 12.5. The molecular formula is C22H46AuN10S2Se2-2. The molecule has 10 nitrogen and oxygen atoms in total. The predicted molar refractivity (Wildman–Crippen MR) is 158 cm³/mol. The van der Waals surface area contributed by atoms with Crippen LogP contribution in [0, 0.1) is 0 Å². The molecule has 0 aromatic carbocycles. The van der Waals surface area contributed by atoms with Gasteiger partial charge in [-0.1, -0.05) is 0 Å². The molecule has 2 aliphatic heterocycles. The van der Waals surface area contributed by atoms with E-state index in [-0.39, 0.29) is 33.4 Å². The maximum absolute atomic E-state index is 5.37. The Bertz CT molecular complexity index is 636. The second-order valence-corrected chi connectivity index (χ2v) is 11.9. The number of aliphatic imine (C=N–C) groups is 2. The van der Waals surface area contributed by atoms with Crippen molar-refractivity contribution in [2.45, 2.75) is 62.9 Å². The van der Waals surface area contributed by atoms with Crippen LogP contribution in [0.15, 0.2) is 9.98 Å². The Morgan fingerprint density at radius 1 is 0.730 bits per heavy atom. The quantitative estimate of drug-likeness (QED) is 0.0996. The van der Waals surface area contributed by atoms with Crippen LogP contribution in [0.5, 0.6) is 0 Å². The van der Waals surface area contributed by atoms with E-state index in [0.29, 0.717) is 12.3 Å². The van der Waals surface area contributed by atoms with Gasteiger partial charge in [-0.15, -0.1) is 0 Å². The molecule has 3 radical (unpaired) electrons. The van der Waals surface area contributed by atoms with Crippen LogP contribution in [-0.4, -0.2) is 163 Å². The van der Waals surface area contributed by atoms with E-state index >= 15 is 0 Å². The van der Waals surface area contributed by atoms with Gasteiger partial charge in [0.1, 0.15) is 0 Å². The van der Waals surface area contributed by atoms with Gasteiger partial charge in [0, 0.05) is 22.4 Å². The SMILES string of the molecule is CC1N(C)NC([S-])N1CCCCN=C([Se])N(C)C.CC1N(C)NC([S-])N1CCCCN=C([Se])N(C)C.[Au]. The van der Waals surface area contributed by atoms with Gasteiger partial charge in [0.15, 0.2) is 0 Å². The summed E-state index contributed by atoms with van der Waals surface area (Å²) in [5, 5.41) is 4.14. The van der Waals surface area contributed by atoms with Gasteiger partial charge in [-0.25, -0.2) is 0 Å². The average Bonchev–Trinajstić information content (AvgIpc) is 3.20. The Labute approximate surface area is 269 Å². The van der Waals surface area contributed by atoms with Crippen LogP contribution in [-0.2, 0) is 47.6 Å². The van der Waals surface area contributed by atoms with Gasteiger partial charge < -0.3 is 0 Å². The minimum absolute atomic E-state index is 0. The van der Waals surface area contributed by atoms with Gasteiger partial charge in [0.2, 0.25) is 0 Å². The third kappa shape index (κ3) is 14.1. The van der Waals surface area contributed by atoms with Crippen molar-refractivity contribution in [2.75, 3.05) is 68.5 Å². The molecule has 221 valence electrons. The van der Waals surface area contributed by atoms with Crippen LogP contribution in [0.1, 0.15) is 39.5 Å².